The second kappa shape index (κ2) is 8.16. The summed E-state index contributed by atoms with van der Waals surface area (Å²) < 4.78 is 0. The average Bonchev–Trinajstić information content (AvgIpc) is 3.07. The Morgan fingerprint density at radius 3 is 2.35 bits per heavy atom. The van der Waals surface area contributed by atoms with Gasteiger partial charge in [-0.15, -0.1) is 12.4 Å². The van der Waals surface area contributed by atoms with E-state index in [1.54, 1.807) is 0 Å². The molecule has 0 atom stereocenters. The van der Waals surface area contributed by atoms with Crippen molar-refractivity contribution in [3.05, 3.63) is 35.9 Å². The summed E-state index contributed by atoms with van der Waals surface area (Å²) in [5.41, 5.74) is 0.992. The fourth-order valence-electron chi connectivity index (χ4n) is 4.29. The highest BCUT2D eigenvalue weighted by Gasteiger charge is 2.45. The molecule has 0 radical (unpaired) electrons. The van der Waals surface area contributed by atoms with Gasteiger partial charge >= 0.3 is 0 Å². The number of nitrogens with zero attached hydrogens (tertiary/aromatic N) is 1. The van der Waals surface area contributed by atoms with Crippen LogP contribution in [0.4, 0.5) is 0 Å². The van der Waals surface area contributed by atoms with Crippen molar-refractivity contribution in [2.75, 3.05) is 26.7 Å². The Morgan fingerprint density at radius 1 is 1.17 bits per heavy atom. The molecule has 4 heteroatoms. The van der Waals surface area contributed by atoms with Gasteiger partial charge in [0.15, 0.2) is 0 Å². The van der Waals surface area contributed by atoms with Crippen LogP contribution in [0.5, 0.6) is 0 Å². The first kappa shape index (κ1) is 18.3. The summed E-state index contributed by atoms with van der Waals surface area (Å²) in [6.07, 6.45) is 6.67. The van der Waals surface area contributed by atoms with Gasteiger partial charge in [0.1, 0.15) is 0 Å². The van der Waals surface area contributed by atoms with E-state index in [2.05, 4.69) is 34.5 Å². The van der Waals surface area contributed by atoms with Gasteiger partial charge in [-0.05, 0) is 50.8 Å². The monoisotopic (exact) mass is 336 g/mol. The molecule has 1 amide bonds. The van der Waals surface area contributed by atoms with Crippen molar-refractivity contribution < 1.29 is 4.79 Å². The van der Waals surface area contributed by atoms with E-state index >= 15 is 0 Å². The molecule has 1 aromatic carbocycles. The van der Waals surface area contributed by atoms with Crippen LogP contribution in [0.2, 0.25) is 0 Å². The Kier molecular flexibility index (Phi) is 6.49. The molecule has 1 saturated heterocycles. The van der Waals surface area contributed by atoms with Gasteiger partial charge in [-0.2, -0.15) is 0 Å². The van der Waals surface area contributed by atoms with E-state index in [9.17, 15) is 4.79 Å². The van der Waals surface area contributed by atoms with Gasteiger partial charge in [0, 0.05) is 13.1 Å². The number of carbonyl (C=O) groups excluding carboxylic acids is 1. The molecular formula is C19H29ClN2O. The molecule has 1 aromatic rings. The predicted molar refractivity (Wildman–Crippen MR) is 97.1 cm³/mol. The molecule has 23 heavy (non-hydrogen) atoms. The number of halogens is 1. The quantitative estimate of drug-likeness (QED) is 0.914. The fourth-order valence-corrected chi connectivity index (χ4v) is 4.29. The summed E-state index contributed by atoms with van der Waals surface area (Å²) in [5.74, 6) is 1.12. The van der Waals surface area contributed by atoms with E-state index < -0.39 is 0 Å². The molecule has 1 saturated carbocycles. The highest BCUT2D eigenvalue weighted by molar-refractivity contribution is 5.88. The maximum absolute atomic E-state index is 13.3. The summed E-state index contributed by atoms with van der Waals surface area (Å²) >= 11 is 0. The molecule has 1 aliphatic carbocycles. The van der Waals surface area contributed by atoms with Crippen molar-refractivity contribution in [3.63, 3.8) is 0 Å². The van der Waals surface area contributed by atoms with E-state index in [0.717, 1.165) is 51.2 Å². The largest absolute Gasteiger partial charge is 0.342 e. The highest BCUT2D eigenvalue weighted by Crippen LogP contribution is 2.43. The number of piperidine rings is 1. The lowest BCUT2D eigenvalue weighted by Gasteiger charge is -2.39. The van der Waals surface area contributed by atoms with Gasteiger partial charge in [-0.25, -0.2) is 0 Å². The van der Waals surface area contributed by atoms with Crippen LogP contribution in [0.1, 0.15) is 44.1 Å². The van der Waals surface area contributed by atoms with Gasteiger partial charge < -0.3 is 10.2 Å². The third kappa shape index (κ3) is 3.72. The summed E-state index contributed by atoms with van der Waals surface area (Å²) in [4.78, 5) is 15.4. The van der Waals surface area contributed by atoms with Crippen LogP contribution < -0.4 is 5.32 Å². The SMILES string of the molecule is CNCC1CCN(C(=O)C2(c3ccccc3)CCCC2)CC1.Cl. The number of rotatable bonds is 4. The molecule has 1 heterocycles. The van der Waals surface area contributed by atoms with Gasteiger partial charge in [-0.1, -0.05) is 43.2 Å². The summed E-state index contributed by atoms with van der Waals surface area (Å²) in [7, 11) is 2.01. The van der Waals surface area contributed by atoms with Crippen LogP contribution in [0.25, 0.3) is 0 Å². The molecule has 2 aliphatic rings. The standard InChI is InChI=1S/C19H28N2O.ClH/c1-20-15-16-9-13-21(14-10-16)18(22)19(11-5-6-12-19)17-7-3-2-4-8-17;/h2-4,7-8,16,20H,5-6,9-15H2,1H3;1H. The molecular weight excluding hydrogens is 308 g/mol. The molecule has 1 aliphatic heterocycles. The summed E-state index contributed by atoms with van der Waals surface area (Å²) in [5, 5.41) is 3.27. The minimum Gasteiger partial charge on any atom is -0.342 e. The van der Waals surface area contributed by atoms with E-state index in [1.165, 1.54) is 18.4 Å². The molecule has 3 nitrogen and oxygen atoms in total. The molecule has 2 fully saturated rings. The number of benzene rings is 1. The molecule has 3 rings (SSSR count). The molecule has 0 aromatic heterocycles. The summed E-state index contributed by atoms with van der Waals surface area (Å²) in [6.45, 7) is 2.94. The van der Waals surface area contributed by atoms with E-state index in [-0.39, 0.29) is 17.8 Å². The molecule has 128 valence electrons. The Labute approximate surface area is 146 Å². The number of likely N-dealkylation sites (tertiary alicyclic amines) is 1. The van der Waals surface area contributed by atoms with Crippen LogP contribution in [0, 0.1) is 5.92 Å². The van der Waals surface area contributed by atoms with Crippen LogP contribution in [0.3, 0.4) is 0 Å². The smallest absolute Gasteiger partial charge is 0.233 e. The first-order valence-corrected chi connectivity index (χ1v) is 8.76. The normalized spacial score (nSPS) is 21.0. The minimum absolute atomic E-state index is 0. The first-order valence-electron chi connectivity index (χ1n) is 8.76. The van der Waals surface area contributed by atoms with Gasteiger partial charge in [-0.3, -0.25) is 4.79 Å². The molecule has 0 spiro atoms. The van der Waals surface area contributed by atoms with Crippen LogP contribution in [-0.2, 0) is 10.2 Å². The Balaban J connectivity index is 0.00000192. The minimum atomic E-state index is -0.239. The van der Waals surface area contributed by atoms with Crippen molar-refractivity contribution in [2.24, 2.45) is 5.92 Å². The zero-order valence-corrected chi connectivity index (χ0v) is 14.9. The van der Waals surface area contributed by atoms with Gasteiger partial charge in [0.05, 0.1) is 5.41 Å². The zero-order chi connectivity index (χ0) is 15.4. The van der Waals surface area contributed by atoms with Crippen molar-refractivity contribution in [3.8, 4) is 0 Å². The third-order valence-corrected chi connectivity index (χ3v) is 5.59. The summed E-state index contributed by atoms with van der Waals surface area (Å²) in [6, 6.07) is 10.5. The van der Waals surface area contributed by atoms with Crippen molar-refractivity contribution in [1.82, 2.24) is 10.2 Å². The number of hydrogen-bond donors (Lipinski definition) is 1. The van der Waals surface area contributed by atoms with Crippen LogP contribution in [-0.4, -0.2) is 37.5 Å². The van der Waals surface area contributed by atoms with Crippen molar-refractivity contribution in [2.45, 2.75) is 43.9 Å². The lowest BCUT2D eigenvalue weighted by molar-refractivity contribution is -0.138. The lowest BCUT2D eigenvalue weighted by Crippen LogP contribution is -2.49. The lowest BCUT2D eigenvalue weighted by atomic mass is 9.77. The highest BCUT2D eigenvalue weighted by atomic mass is 35.5. The predicted octanol–water partition coefficient (Wildman–Crippen LogP) is 3.38. The first-order chi connectivity index (χ1) is 10.8. The maximum Gasteiger partial charge on any atom is 0.233 e. The third-order valence-electron chi connectivity index (χ3n) is 5.59. The van der Waals surface area contributed by atoms with Crippen LogP contribution in [0.15, 0.2) is 30.3 Å². The van der Waals surface area contributed by atoms with E-state index in [0.29, 0.717) is 5.91 Å². The number of hydrogen-bond acceptors (Lipinski definition) is 2. The van der Waals surface area contributed by atoms with Gasteiger partial charge in [0.2, 0.25) is 5.91 Å². The van der Waals surface area contributed by atoms with Gasteiger partial charge in [0.25, 0.3) is 0 Å². The Morgan fingerprint density at radius 2 is 1.78 bits per heavy atom. The Bertz CT molecular complexity index is 491. The zero-order valence-electron chi connectivity index (χ0n) is 14.1. The van der Waals surface area contributed by atoms with Crippen LogP contribution >= 0.6 is 12.4 Å². The maximum atomic E-state index is 13.3. The average molecular weight is 337 g/mol. The van der Waals surface area contributed by atoms with Crippen molar-refractivity contribution in [1.29, 1.82) is 0 Å². The topological polar surface area (TPSA) is 32.3 Å². The fraction of sp³-hybridized carbons (Fsp3) is 0.632. The van der Waals surface area contributed by atoms with Crippen molar-refractivity contribution >= 4 is 18.3 Å². The molecule has 0 unspecified atom stereocenters. The molecule has 0 bridgehead atoms. The molecule has 1 N–H and O–H groups in total. The number of nitrogens with one attached hydrogen (secondary N) is 1. The van der Waals surface area contributed by atoms with E-state index in [1.807, 2.05) is 13.1 Å². The number of amides is 1. The van der Waals surface area contributed by atoms with E-state index in [4.69, 9.17) is 0 Å². The second-order valence-electron chi connectivity index (χ2n) is 6.95. The Hall–Kier alpha value is -1.06. The number of carbonyl (C=O) groups is 1. The second-order valence-corrected chi connectivity index (χ2v) is 6.95.